The fourth-order valence-corrected chi connectivity index (χ4v) is 3.00. The second kappa shape index (κ2) is 6.46. The van der Waals surface area contributed by atoms with E-state index in [0.29, 0.717) is 0 Å². The van der Waals surface area contributed by atoms with Crippen molar-refractivity contribution in [3.63, 3.8) is 0 Å². The maximum absolute atomic E-state index is 4.61. The van der Waals surface area contributed by atoms with Gasteiger partial charge in [-0.3, -0.25) is 0 Å². The Balaban J connectivity index is 1.76. The molecule has 0 fully saturated rings. The highest BCUT2D eigenvalue weighted by atomic mass is 32.1. The topological polar surface area (TPSA) is 12.9 Å². The van der Waals surface area contributed by atoms with Crippen LogP contribution in [0.25, 0.3) is 24.3 Å². The van der Waals surface area contributed by atoms with E-state index in [9.17, 15) is 0 Å². The van der Waals surface area contributed by atoms with Gasteiger partial charge in [0.2, 0.25) is 0 Å². The second-order valence-electron chi connectivity index (χ2n) is 4.18. The largest absolute Gasteiger partial charge is 0.249 e. The lowest BCUT2D eigenvalue weighted by Gasteiger charge is -1.96. The van der Waals surface area contributed by atoms with Crippen LogP contribution in [-0.4, -0.2) is 4.98 Å². The minimum Gasteiger partial charge on any atom is -0.249 e. The molecule has 0 aliphatic rings. The van der Waals surface area contributed by atoms with Crippen LogP contribution in [-0.2, 0) is 0 Å². The van der Waals surface area contributed by atoms with Crippen LogP contribution < -0.4 is 0 Å². The van der Waals surface area contributed by atoms with E-state index in [1.807, 2.05) is 30.4 Å². The first kappa shape index (κ1) is 13.0. The average Bonchev–Trinajstić information content (AvgIpc) is 3.17. The van der Waals surface area contributed by atoms with Gasteiger partial charge in [-0.1, -0.05) is 18.2 Å². The van der Waals surface area contributed by atoms with Crippen LogP contribution >= 0.6 is 22.7 Å². The minimum absolute atomic E-state index is 0.978. The third-order valence-electron chi connectivity index (χ3n) is 2.72. The van der Waals surface area contributed by atoms with Crippen molar-refractivity contribution >= 4 is 47.0 Å². The molecule has 20 heavy (non-hydrogen) atoms. The summed E-state index contributed by atoms with van der Waals surface area (Å²) in [6.07, 6.45) is 8.29. The quantitative estimate of drug-likeness (QED) is 0.615. The molecule has 3 aromatic rings. The molecule has 0 N–H and O–H groups in total. The van der Waals surface area contributed by atoms with E-state index in [0.717, 1.165) is 11.4 Å². The number of hydrogen-bond acceptors (Lipinski definition) is 3. The lowest BCUT2D eigenvalue weighted by atomic mass is 10.2. The zero-order valence-electron chi connectivity index (χ0n) is 10.8. The summed E-state index contributed by atoms with van der Waals surface area (Å²) in [5, 5.41) is 4.15. The molecule has 0 saturated heterocycles. The first-order valence-electron chi connectivity index (χ1n) is 6.30. The van der Waals surface area contributed by atoms with E-state index in [1.165, 1.54) is 9.75 Å². The molecule has 0 aromatic carbocycles. The van der Waals surface area contributed by atoms with E-state index in [2.05, 4.69) is 52.2 Å². The standard InChI is InChI=1S/C17H13NS2/c1-4-14(8-10-16-6-2-12-19-16)18-15(5-1)9-11-17-7-3-13-20-17/h1-13H/b10-8+,11-9+. The summed E-state index contributed by atoms with van der Waals surface area (Å²) in [6, 6.07) is 14.4. The van der Waals surface area contributed by atoms with E-state index >= 15 is 0 Å². The van der Waals surface area contributed by atoms with Crippen LogP contribution in [0.3, 0.4) is 0 Å². The number of thiophene rings is 2. The molecule has 3 heterocycles. The van der Waals surface area contributed by atoms with Crippen LogP contribution in [0.5, 0.6) is 0 Å². The molecule has 0 aliphatic carbocycles. The van der Waals surface area contributed by atoms with Crippen LogP contribution in [0.15, 0.2) is 53.2 Å². The molecule has 0 aliphatic heterocycles. The molecule has 0 saturated carbocycles. The van der Waals surface area contributed by atoms with Crippen LogP contribution in [0.2, 0.25) is 0 Å². The van der Waals surface area contributed by atoms with Crippen molar-refractivity contribution in [1.29, 1.82) is 0 Å². The highest BCUT2D eigenvalue weighted by molar-refractivity contribution is 7.11. The number of aromatic nitrogens is 1. The number of pyridine rings is 1. The summed E-state index contributed by atoms with van der Waals surface area (Å²) in [7, 11) is 0. The molecule has 0 radical (unpaired) electrons. The van der Waals surface area contributed by atoms with Crippen molar-refractivity contribution in [1.82, 2.24) is 4.98 Å². The molecule has 1 nitrogen and oxygen atoms in total. The number of hydrogen-bond donors (Lipinski definition) is 0. The molecule has 0 unspecified atom stereocenters. The molecular weight excluding hydrogens is 282 g/mol. The maximum atomic E-state index is 4.61. The second-order valence-corrected chi connectivity index (χ2v) is 6.14. The zero-order chi connectivity index (χ0) is 13.6. The highest BCUT2D eigenvalue weighted by Gasteiger charge is 1.93. The molecule has 98 valence electrons. The fourth-order valence-electron chi connectivity index (χ4n) is 1.76. The molecule has 3 aromatic heterocycles. The van der Waals surface area contributed by atoms with E-state index < -0.39 is 0 Å². The van der Waals surface area contributed by atoms with Gasteiger partial charge in [0.15, 0.2) is 0 Å². The molecule has 0 atom stereocenters. The highest BCUT2D eigenvalue weighted by Crippen LogP contribution is 2.14. The number of rotatable bonds is 4. The van der Waals surface area contributed by atoms with E-state index in [4.69, 9.17) is 0 Å². The minimum atomic E-state index is 0.978. The lowest BCUT2D eigenvalue weighted by Crippen LogP contribution is -1.83. The molecule has 0 spiro atoms. The van der Waals surface area contributed by atoms with Crippen molar-refractivity contribution in [2.75, 3.05) is 0 Å². The van der Waals surface area contributed by atoms with Gasteiger partial charge < -0.3 is 0 Å². The normalized spacial score (nSPS) is 11.6. The Morgan fingerprint density at radius 1 is 0.650 bits per heavy atom. The van der Waals surface area contributed by atoms with Crippen LogP contribution in [0.1, 0.15) is 21.1 Å². The number of nitrogens with zero attached hydrogens (tertiary/aromatic N) is 1. The van der Waals surface area contributed by atoms with Gasteiger partial charge in [0.1, 0.15) is 0 Å². The van der Waals surface area contributed by atoms with E-state index in [1.54, 1.807) is 22.7 Å². The van der Waals surface area contributed by atoms with Gasteiger partial charge in [0.05, 0.1) is 11.4 Å². The smallest absolute Gasteiger partial charge is 0.0637 e. The summed E-state index contributed by atoms with van der Waals surface area (Å²) in [5.41, 5.74) is 1.96. The zero-order valence-corrected chi connectivity index (χ0v) is 12.4. The van der Waals surface area contributed by atoms with Gasteiger partial charge in [-0.15, -0.1) is 22.7 Å². The lowest BCUT2D eigenvalue weighted by molar-refractivity contribution is 1.27. The van der Waals surface area contributed by atoms with Crippen molar-refractivity contribution in [2.45, 2.75) is 0 Å². The van der Waals surface area contributed by atoms with E-state index in [-0.39, 0.29) is 0 Å². The Hall–Kier alpha value is -1.97. The summed E-state index contributed by atoms with van der Waals surface area (Å²) in [6.45, 7) is 0. The van der Waals surface area contributed by atoms with Crippen molar-refractivity contribution in [3.8, 4) is 0 Å². The molecular formula is C17H13NS2. The third kappa shape index (κ3) is 3.53. The molecule has 0 amide bonds. The summed E-state index contributed by atoms with van der Waals surface area (Å²) in [5.74, 6) is 0. The Morgan fingerprint density at radius 3 is 1.65 bits per heavy atom. The van der Waals surface area contributed by atoms with Gasteiger partial charge in [0.25, 0.3) is 0 Å². The monoisotopic (exact) mass is 295 g/mol. The predicted molar refractivity (Wildman–Crippen MR) is 90.7 cm³/mol. The average molecular weight is 295 g/mol. The fraction of sp³-hybridized carbons (Fsp3) is 0. The first-order valence-corrected chi connectivity index (χ1v) is 8.06. The molecule has 0 bridgehead atoms. The van der Waals surface area contributed by atoms with Gasteiger partial charge in [-0.05, 0) is 59.3 Å². The van der Waals surface area contributed by atoms with Gasteiger partial charge >= 0.3 is 0 Å². The SMILES string of the molecule is C(=C\c1cccs1)/c1cccc(/C=C/c2cccs2)n1. The van der Waals surface area contributed by atoms with Gasteiger partial charge in [-0.2, -0.15) is 0 Å². The van der Waals surface area contributed by atoms with Crippen LogP contribution in [0, 0.1) is 0 Å². The summed E-state index contributed by atoms with van der Waals surface area (Å²) in [4.78, 5) is 7.09. The van der Waals surface area contributed by atoms with Crippen molar-refractivity contribution < 1.29 is 0 Å². The predicted octanol–water partition coefficient (Wildman–Crippen LogP) is 5.55. The van der Waals surface area contributed by atoms with Crippen molar-refractivity contribution in [3.05, 3.63) is 74.4 Å². The Kier molecular flexibility index (Phi) is 4.21. The maximum Gasteiger partial charge on any atom is 0.0637 e. The van der Waals surface area contributed by atoms with Crippen LogP contribution in [0.4, 0.5) is 0 Å². The van der Waals surface area contributed by atoms with Gasteiger partial charge in [0, 0.05) is 9.75 Å². The molecule has 3 rings (SSSR count). The van der Waals surface area contributed by atoms with Crippen molar-refractivity contribution in [2.24, 2.45) is 0 Å². The summed E-state index contributed by atoms with van der Waals surface area (Å²) < 4.78 is 0. The Bertz CT molecular complexity index is 648. The van der Waals surface area contributed by atoms with Gasteiger partial charge in [-0.25, -0.2) is 4.98 Å². The first-order chi connectivity index (χ1) is 9.90. The third-order valence-corrected chi connectivity index (χ3v) is 4.39. The molecule has 3 heteroatoms. The Morgan fingerprint density at radius 2 is 1.20 bits per heavy atom. The summed E-state index contributed by atoms with van der Waals surface area (Å²) >= 11 is 3.46. The Labute approximate surface area is 126 Å².